The molecule has 3 aromatic rings. The zero-order chi connectivity index (χ0) is 29.4. The summed E-state index contributed by atoms with van der Waals surface area (Å²) in [6.07, 6.45) is 3.02. The Morgan fingerprint density at radius 2 is 1.51 bits per heavy atom. The maximum atomic E-state index is 14.9. The highest BCUT2D eigenvalue weighted by molar-refractivity contribution is 5.71. The summed E-state index contributed by atoms with van der Waals surface area (Å²) in [7, 11) is 0. The van der Waals surface area contributed by atoms with Crippen molar-refractivity contribution in [1.29, 1.82) is 0 Å². The largest absolute Gasteiger partial charge is 0.491 e. The van der Waals surface area contributed by atoms with E-state index >= 15 is 0 Å². The fourth-order valence-corrected chi connectivity index (χ4v) is 5.16. The lowest BCUT2D eigenvalue weighted by Crippen LogP contribution is -2.34. The summed E-state index contributed by atoms with van der Waals surface area (Å²) in [5.41, 5.74) is 0.441. The van der Waals surface area contributed by atoms with Crippen molar-refractivity contribution in [1.82, 2.24) is 0 Å². The molecule has 0 radical (unpaired) electrons. The minimum absolute atomic E-state index is 0.0408. The number of rotatable bonds is 13. The second-order valence-electron chi connectivity index (χ2n) is 10.5. The summed E-state index contributed by atoms with van der Waals surface area (Å²) in [5.74, 6) is -3.07. The number of hydrogen-bond donors (Lipinski definition) is 0. The van der Waals surface area contributed by atoms with Crippen LogP contribution in [-0.2, 0) is 15.6 Å². The van der Waals surface area contributed by atoms with Crippen molar-refractivity contribution in [2.75, 3.05) is 13.2 Å². The van der Waals surface area contributed by atoms with E-state index in [2.05, 4.69) is 6.92 Å². The van der Waals surface area contributed by atoms with Gasteiger partial charge in [0.2, 0.25) is 5.82 Å². The Morgan fingerprint density at radius 1 is 0.805 bits per heavy atom. The number of ether oxygens (including phenoxy) is 3. The average molecular weight is 577 g/mol. The molecule has 0 amide bonds. The van der Waals surface area contributed by atoms with Crippen LogP contribution < -0.4 is 4.74 Å². The molecule has 41 heavy (non-hydrogen) atoms. The molecule has 1 fully saturated rings. The molecule has 3 aromatic carbocycles. The van der Waals surface area contributed by atoms with Crippen LogP contribution in [0.2, 0.25) is 0 Å². The quantitative estimate of drug-likeness (QED) is 0.150. The van der Waals surface area contributed by atoms with Crippen molar-refractivity contribution in [3.05, 3.63) is 77.6 Å². The highest BCUT2D eigenvalue weighted by Crippen LogP contribution is 2.38. The van der Waals surface area contributed by atoms with Crippen LogP contribution in [0.25, 0.3) is 22.3 Å². The van der Waals surface area contributed by atoms with Crippen LogP contribution in [0.15, 0.2) is 54.6 Å². The van der Waals surface area contributed by atoms with E-state index < -0.39 is 35.4 Å². The van der Waals surface area contributed by atoms with E-state index in [1.54, 1.807) is 31.2 Å². The Kier molecular flexibility index (Phi) is 10.8. The molecule has 2 atom stereocenters. The summed E-state index contributed by atoms with van der Waals surface area (Å²) in [4.78, 5) is 0. The molecule has 0 aromatic heterocycles. The molecule has 0 spiro atoms. The van der Waals surface area contributed by atoms with Crippen LogP contribution in [0.1, 0.15) is 70.8 Å². The van der Waals surface area contributed by atoms with Crippen molar-refractivity contribution in [3.63, 3.8) is 0 Å². The van der Waals surface area contributed by atoms with E-state index in [-0.39, 0.29) is 17.9 Å². The molecular formula is C33H37F5O3. The fourth-order valence-electron chi connectivity index (χ4n) is 5.16. The first-order valence-corrected chi connectivity index (χ1v) is 14.4. The van der Waals surface area contributed by atoms with Gasteiger partial charge in [0.1, 0.15) is 5.82 Å². The van der Waals surface area contributed by atoms with Gasteiger partial charge in [0.25, 0.3) is 0 Å². The number of benzene rings is 3. The minimum Gasteiger partial charge on any atom is -0.491 e. The predicted molar refractivity (Wildman–Crippen MR) is 149 cm³/mol. The first-order chi connectivity index (χ1) is 19.7. The first kappa shape index (κ1) is 31.0. The third-order valence-electron chi connectivity index (χ3n) is 7.48. The summed E-state index contributed by atoms with van der Waals surface area (Å²) in [5, 5.41) is 0. The van der Waals surface area contributed by atoms with Crippen molar-refractivity contribution < 1.29 is 36.2 Å². The Hall–Kier alpha value is -2.97. The molecule has 3 nitrogen and oxygen atoms in total. The lowest BCUT2D eigenvalue weighted by atomic mass is 9.94. The van der Waals surface area contributed by atoms with Crippen LogP contribution >= 0.6 is 0 Å². The maximum absolute atomic E-state index is 14.9. The highest BCUT2D eigenvalue weighted by Gasteiger charge is 2.40. The Bertz CT molecular complexity index is 1270. The molecule has 2 unspecified atom stereocenters. The monoisotopic (exact) mass is 576 g/mol. The van der Waals surface area contributed by atoms with E-state index in [0.717, 1.165) is 31.4 Å². The van der Waals surface area contributed by atoms with E-state index in [4.69, 9.17) is 14.2 Å². The van der Waals surface area contributed by atoms with Crippen molar-refractivity contribution in [2.24, 2.45) is 5.92 Å². The van der Waals surface area contributed by atoms with Gasteiger partial charge in [0, 0.05) is 5.56 Å². The zero-order valence-electron chi connectivity index (χ0n) is 23.5. The molecule has 0 bridgehead atoms. The molecular weight excluding hydrogens is 539 g/mol. The van der Waals surface area contributed by atoms with Gasteiger partial charge in [0.15, 0.2) is 17.9 Å². The molecule has 1 saturated heterocycles. The zero-order valence-corrected chi connectivity index (χ0v) is 23.5. The smallest absolute Gasteiger partial charge is 0.388 e. The molecule has 1 aliphatic rings. The van der Waals surface area contributed by atoms with Gasteiger partial charge in [-0.25, -0.2) is 8.78 Å². The Balaban J connectivity index is 1.37. The topological polar surface area (TPSA) is 27.7 Å². The van der Waals surface area contributed by atoms with E-state index in [1.807, 2.05) is 0 Å². The second-order valence-corrected chi connectivity index (χ2v) is 10.5. The first-order valence-electron chi connectivity index (χ1n) is 14.4. The SMILES string of the molecule is CCCCCCCC1CCC(OC(F)(F)c2ccc(-c3ccc(-c4ccc(OCC)c(F)c4F)cc3)cc2F)OC1. The van der Waals surface area contributed by atoms with Crippen molar-refractivity contribution in [3.8, 4) is 28.0 Å². The van der Waals surface area contributed by atoms with Gasteiger partial charge >= 0.3 is 6.11 Å². The van der Waals surface area contributed by atoms with Crippen LogP contribution in [0, 0.1) is 23.4 Å². The van der Waals surface area contributed by atoms with E-state index in [9.17, 15) is 22.0 Å². The van der Waals surface area contributed by atoms with Gasteiger partial charge in [0.05, 0.1) is 18.8 Å². The van der Waals surface area contributed by atoms with Crippen LogP contribution in [-0.4, -0.2) is 19.5 Å². The third-order valence-corrected chi connectivity index (χ3v) is 7.48. The minimum atomic E-state index is -3.86. The van der Waals surface area contributed by atoms with Crippen molar-refractivity contribution >= 4 is 0 Å². The van der Waals surface area contributed by atoms with Gasteiger partial charge in [-0.1, -0.05) is 69.4 Å². The van der Waals surface area contributed by atoms with Crippen molar-refractivity contribution in [2.45, 2.75) is 77.6 Å². The van der Waals surface area contributed by atoms with Crippen LogP contribution in [0.4, 0.5) is 22.0 Å². The third kappa shape index (κ3) is 7.86. The van der Waals surface area contributed by atoms with Gasteiger partial charge in [-0.05, 0) is 73.1 Å². The Labute approximate surface area is 238 Å². The molecule has 0 aliphatic carbocycles. The standard InChI is InChI=1S/C33H37F5O3/c1-3-5-6-7-8-9-22-10-19-30(40-21-22)41-33(37,38)27-17-15-25(20-28(27)34)23-11-13-24(14-12-23)26-16-18-29(39-4-2)32(36)31(26)35/h11-18,20,22,30H,3-10,19,21H2,1-2H3. The normalized spacial score (nSPS) is 17.5. The second kappa shape index (κ2) is 14.3. The molecule has 1 aliphatic heterocycles. The lowest BCUT2D eigenvalue weighted by molar-refractivity contribution is -0.335. The lowest BCUT2D eigenvalue weighted by Gasteiger charge is -2.31. The fraction of sp³-hybridized carbons (Fsp3) is 0.455. The molecule has 222 valence electrons. The number of halogens is 5. The van der Waals surface area contributed by atoms with Gasteiger partial charge in [-0.2, -0.15) is 13.2 Å². The Morgan fingerprint density at radius 3 is 2.17 bits per heavy atom. The van der Waals surface area contributed by atoms with Gasteiger partial charge in [-0.15, -0.1) is 0 Å². The molecule has 1 heterocycles. The molecule has 0 saturated carbocycles. The van der Waals surface area contributed by atoms with Gasteiger partial charge in [-0.3, -0.25) is 4.74 Å². The summed E-state index contributed by atoms with van der Waals surface area (Å²) >= 11 is 0. The van der Waals surface area contributed by atoms with E-state index in [0.29, 0.717) is 35.6 Å². The summed E-state index contributed by atoms with van der Waals surface area (Å²) in [6, 6.07) is 12.4. The van der Waals surface area contributed by atoms with Crippen LogP contribution in [0.5, 0.6) is 5.75 Å². The molecule has 0 N–H and O–H groups in total. The molecule has 4 rings (SSSR count). The predicted octanol–water partition coefficient (Wildman–Crippen LogP) is 10.0. The van der Waals surface area contributed by atoms with E-state index in [1.165, 1.54) is 43.9 Å². The number of alkyl halides is 2. The maximum Gasteiger partial charge on any atom is 0.388 e. The summed E-state index contributed by atoms with van der Waals surface area (Å²) < 4.78 is 89.2. The highest BCUT2D eigenvalue weighted by atomic mass is 19.3. The molecule has 8 heteroatoms. The number of unbranched alkanes of at least 4 members (excludes halogenated alkanes) is 4. The van der Waals surface area contributed by atoms with Gasteiger partial charge < -0.3 is 9.47 Å². The summed E-state index contributed by atoms with van der Waals surface area (Å²) in [6.45, 7) is 4.40. The average Bonchev–Trinajstić information content (AvgIpc) is 2.96. The van der Waals surface area contributed by atoms with Crippen LogP contribution in [0.3, 0.4) is 0 Å². The number of hydrogen-bond acceptors (Lipinski definition) is 3.